The fourth-order valence-corrected chi connectivity index (χ4v) is 1.24. The summed E-state index contributed by atoms with van der Waals surface area (Å²) in [7, 11) is 0. The molecule has 0 saturated carbocycles. The van der Waals surface area contributed by atoms with Crippen LogP contribution in [-0.4, -0.2) is 26.2 Å². The number of aromatic nitrogens is 4. The van der Waals surface area contributed by atoms with Gasteiger partial charge < -0.3 is 14.8 Å². The van der Waals surface area contributed by atoms with Crippen LogP contribution >= 0.6 is 0 Å². The van der Waals surface area contributed by atoms with Crippen molar-refractivity contribution in [3.05, 3.63) is 18.3 Å². The van der Waals surface area contributed by atoms with Crippen LogP contribution in [0.2, 0.25) is 0 Å². The Morgan fingerprint density at radius 1 is 1.53 bits per heavy atom. The first-order valence-corrected chi connectivity index (χ1v) is 4.88. The van der Waals surface area contributed by atoms with E-state index in [1.54, 1.807) is 6.33 Å². The van der Waals surface area contributed by atoms with E-state index >= 15 is 0 Å². The molecule has 0 aliphatic carbocycles. The summed E-state index contributed by atoms with van der Waals surface area (Å²) in [6.07, 6.45) is 4.31. The second-order valence-corrected chi connectivity index (χ2v) is 3.15. The molecule has 0 spiro atoms. The third-order valence-corrected chi connectivity index (χ3v) is 2.02. The van der Waals surface area contributed by atoms with Gasteiger partial charge in [0.05, 0.1) is 6.33 Å². The van der Waals surface area contributed by atoms with E-state index in [-0.39, 0.29) is 0 Å². The zero-order valence-electron chi connectivity index (χ0n) is 8.55. The molecule has 0 amide bonds. The van der Waals surface area contributed by atoms with E-state index in [0.29, 0.717) is 24.0 Å². The molecule has 0 atom stereocenters. The molecule has 0 saturated heterocycles. The standard InChI is InChI=1S/C9H13N5O/c1-2-8-12-9(15-13-8)7-5-14(4-3-10)6-11-7/h5-6H,2-4,10H2,1H3. The monoisotopic (exact) mass is 207 g/mol. The zero-order valence-corrected chi connectivity index (χ0v) is 8.55. The van der Waals surface area contributed by atoms with Gasteiger partial charge in [0.15, 0.2) is 5.82 Å². The molecule has 0 aromatic carbocycles. The Bertz CT molecular complexity index is 433. The minimum absolute atomic E-state index is 0.461. The Labute approximate surface area is 87.1 Å². The van der Waals surface area contributed by atoms with Crippen molar-refractivity contribution in [1.82, 2.24) is 19.7 Å². The fraction of sp³-hybridized carbons (Fsp3) is 0.444. The molecule has 6 nitrogen and oxygen atoms in total. The molecule has 0 aliphatic heterocycles. The topological polar surface area (TPSA) is 82.8 Å². The van der Waals surface area contributed by atoms with Crippen molar-refractivity contribution >= 4 is 0 Å². The first kappa shape index (κ1) is 9.85. The van der Waals surface area contributed by atoms with Crippen LogP contribution in [0.3, 0.4) is 0 Å². The third-order valence-electron chi connectivity index (χ3n) is 2.02. The third kappa shape index (κ3) is 2.04. The quantitative estimate of drug-likeness (QED) is 0.787. The smallest absolute Gasteiger partial charge is 0.278 e. The van der Waals surface area contributed by atoms with Crippen molar-refractivity contribution in [2.45, 2.75) is 19.9 Å². The highest BCUT2D eigenvalue weighted by molar-refractivity contribution is 5.44. The largest absolute Gasteiger partial charge is 0.335 e. The SMILES string of the molecule is CCc1noc(-c2cn(CCN)cn2)n1. The Kier molecular flexibility index (Phi) is 2.77. The average Bonchev–Trinajstić information content (AvgIpc) is 2.85. The first-order valence-electron chi connectivity index (χ1n) is 4.88. The average molecular weight is 207 g/mol. The number of hydrogen-bond donors (Lipinski definition) is 1. The van der Waals surface area contributed by atoms with Gasteiger partial charge in [-0.05, 0) is 0 Å². The Balaban J connectivity index is 2.21. The molecule has 2 heterocycles. The molecule has 0 radical (unpaired) electrons. The highest BCUT2D eigenvalue weighted by atomic mass is 16.5. The number of nitrogens with two attached hydrogens (primary N) is 1. The maximum Gasteiger partial charge on any atom is 0.278 e. The molecular formula is C9H13N5O. The molecular weight excluding hydrogens is 194 g/mol. The molecule has 15 heavy (non-hydrogen) atoms. The first-order chi connectivity index (χ1) is 7.33. The van der Waals surface area contributed by atoms with Gasteiger partial charge in [-0.2, -0.15) is 4.98 Å². The molecule has 0 unspecified atom stereocenters. The number of imidazole rings is 1. The molecule has 2 aromatic rings. The second-order valence-electron chi connectivity index (χ2n) is 3.15. The fourth-order valence-electron chi connectivity index (χ4n) is 1.24. The summed E-state index contributed by atoms with van der Waals surface area (Å²) >= 11 is 0. The van der Waals surface area contributed by atoms with Gasteiger partial charge in [-0.25, -0.2) is 4.98 Å². The lowest BCUT2D eigenvalue weighted by atomic mass is 10.4. The molecule has 2 aromatic heterocycles. The van der Waals surface area contributed by atoms with E-state index in [0.717, 1.165) is 13.0 Å². The number of rotatable bonds is 4. The van der Waals surface area contributed by atoms with Crippen molar-refractivity contribution in [3.8, 4) is 11.6 Å². The Morgan fingerprint density at radius 2 is 2.40 bits per heavy atom. The zero-order chi connectivity index (χ0) is 10.7. The van der Waals surface area contributed by atoms with Crippen LogP contribution in [0.1, 0.15) is 12.7 Å². The van der Waals surface area contributed by atoms with Crippen LogP contribution in [0.25, 0.3) is 11.6 Å². The minimum atomic E-state index is 0.461. The van der Waals surface area contributed by atoms with Crippen LogP contribution in [0.4, 0.5) is 0 Å². The molecule has 0 fully saturated rings. The molecule has 0 bridgehead atoms. The molecule has 80 valence electrons. The summed E-state index contributed by atoms with van der Waals surface area (Å²) in [5.41, 5.74) is 6.12. The van der Waals surface area contributed by atoms with Gasteiger partial charge in [0.2, 0.25) is 0 Å². The highest BCUT2D eigenvalue weighted by Gasteiger charge is 2.10. The summed E-state index contributed by atoms with van der Waals surface area (Å²) in [6, 6.07) is 0. The van der Waals surface area contributed by atoms with Crippen molar-refractivity contribution in [1.29, 1.82) is 0 Å². The lowest BCUT2D eigenvalue weighted by Crippen LogP contribution is -2.07. The molecule has 6 heteroatoms. The second kappa shape index (κ2) is 4.22. The maximum absolute atomic E-state index is 5.43. The lowest BCUT2D eigenvalue weighted by molar-refractivity contribution is 0.422. The highest BCUT2D eigenvalue weighted by Crippen LogP contribution is 2.14. The van der Waals surface area contributed by atoms with E-state index in [2.05, 4.69) is 15.1 Å². The number of nitrogens with zero attached hydrogens (tertiary/aromatic N) is 4. The van der Waals surface area contributed by atoms with Crippen molar-refractivity contribution in [2.75, 3.05) is 6.54 Å². The van der Waals surface area contributed by atoms with Crippen molar-refractivity contribution in [2.24, 2.45) is 5.73 Å². The van der Waals surface area contributed by atoms with E-state index in [9.17, 15) is 0 Å². The van der Waals surface area contributed by atoms with Crippen LogP contribution in [-0.2, 0) is 13.0 Å². The van der Waals surface area contributed by atoms with Gasteiger partial charge in [0.1, 0.15) is 5.69 Å². The van der Waals surface area contributed by atoms with Crippen molar-refractivity contribution in [3.63, 3.8) is 0 Å². The molecule has 2 N–H and O–H groups in total. The predicted octanol–water partition coefficient (Wildman–Crippen LogP) is 0.454. The normalized spacial score (nSPS) is 10.8. The predicted molar refractivity (Wildman–Crippen MR) is 54.0 cm³/mol. The molecule has 0 aliphatic rings. The summed E-state index contributed by atoms with van der Waals surface area (Å²) in [6.45, 7) is 3.29. The van der Waals surface area contributed by atoms with Crippen LogP contribution in [0, 0.1) is 0 Å². The van der Waals surface area contributed by atoms with Gasteiger partial charge >= 0.3 is 0 Å². The summed E-state index contributed by atoms with van der Waals surface area (Å²) in [4.78, 5) is 8.35. The van der Waals surface area contributed by atoms with Gasteiger partial charge in [-0.3, -0.25) is 0 Å². The van der Waals surface area contributed by atoms with Gasteiger partial charge in [-0.15, -0.1) is 0 Å². The Hall–Kier alpha value is -1.69. The van der Waals surface area contributed by atoms with E-state index in [4.69, 9.17) is 10.3 Å². The lowest BCUT2D eigenvalue weighted by Gasteiger charge is -1.94. The van der Waals surface area contributed by atoms with Gasteiger partial charge in [0.25, 0.3) is 5.89 Å². The Morgan fingerprint density at radius 3 is 3.07 bits per heavy atom. The van der Waals surface area contributed by atoms with E-state index in [1.165, 1.54) is 0 Å². The van der Waals surface area contributed by atoms with Crippen LogP contribution < -0.4 is 5.73 Å². The van der Waals surface area contributed by atoms with Gasteiger partial charge in [0, 0.05) is 25.7 Å². The van der Waals surface area contributed by atoms with Crippen LogP contribution in [0.15, 0.2) is 17.0 Å². The summed E-state index contributed by atoms with van der Waals surface area (Å²) in [5.74, 6) is 1.15. The van der Waals surface area contributed by atoms with Crippen LogP contribution in [0.5, 0.6) is 0 Å². The van der Waals surface area contributed by atoms with Crippen molar-refractivity contribution < 1.29 is 4.52 Å². The summed E-state index contributed by atoms with van der Waals surface area (Å²) in [5, 5.41) is 3.81. The summed E-state index contributed by atoms with van der Waals surface area (Å²) < 4.78 is 6.96. The maximum atomic E-state index is 5.43. The van der Waals surface area contributed by atoms with E-state index < -0.39 is 0 Å². The van der Waals surface area contributed by atoms with E-state index in [1.807, 2.05) is 17.7 Å². The number of hydrogen-bond acceptors (Lipinski definition) is 5. The van der Waals surface area contributed by atoms with Gasteiger partial charge in [-0.1, -0.05) is 12.1 Å². The minimum Gasteiger partial charge on any atom is -0.335 e. The molecule has 2 rings (SSSR count). The number of aryl methyl sites for hydroxylation is 1.